The van der Waals surface area contributed by atoms with Crippen LogP contribution in [0.1, 0.15) is 46.0 Å². The molecule has 0 aromatic rings. The zero-order chi connectivity index (χ0) is 15.7. The Labute approximate surface area is 134 Å². The number of rotatable bonds is 5. The molecule has 0 radical (unpaired) electrons. The number of fused-ring (bicyclic) bond motifs is 1. The number of urea groups is 1. The molecule has 0 aromatic carbocycles. The largest absolute Gasteiger partial charge is 0.385 e. The lowest BCUT2D eigenvalue weighted by Crippen LogP contribution is -2.49. The Morgan fingerprint density at radius 1 is 1.41 bits per heavy atom. The van der Waals surface area contributed by atoms with Crippen LogP contribution >= 0.6 is 0 Å². The second-order valence-electron chi connectivity index (χ2n) is 7.61. The van der Waals surface area contributed by atoms with E-state index in [1.807, 2.05) is 0 Å². The summed E-state index contributed by atoms with van der Waals surface area (Å²) in [5.41, 5.74) is 0.0605. The first kappa shape index (κ1) is 16.1. The molecule has 3 unspecified atom stereocenters. The van der Waals surface area contributed by atoms with Gasteiger partial charge in [-0.3, -0.25) is 0 Å². The van der Waals surface area contributed by atoms with E-state index in [2.05, 4.69) is 29.0 Å². The summed E-state index contributed by atoms with van der Waals surface area (Å²) < 4.78 is 5.14. The van der Waals surface area contributed by atoms with Crippen molar-refractivity contribution in [1.82, 2.24) is 15.1 Å². The van der Waals surface area contributed by atoms with Crippen molar-refractivity contribution in [2.75, 3.05) is 33.4 Å². The zero-order valence-corrected chi connectivity index (χ0v) is 14.3. The van der Waals surface area contributed by atoms with Crippen LogP contribution in [0.5, 0.6) is 0 Å². The van der Waals surface area contributed by atoms with Crippen molar-refractivity contribution in [3.8, 4) is 0 Å². The van der Waals surface area contributed by atoms with E-state index < -0.39 is 0 Å². The van der Waals surface area contributed by atoms with Gasteiger partial charge in [0.2, 0.25) is 0 Å². The summed E-state index contributed by atoms with van der Waals surface area (Å²) in [6.07, 6.45) is 5.83. The Morgan fingerprint density at radius 2 is 2.23 bits per heavy atom. The van der Waals surface area contributed by atoms with Crippen molar-refractivity contribution in [3.63, 3.8) is 0 Å². The normalized spacial score (nSPS) is 35.0. The summed E-state index contributed by atoms with van der Waals surface area (Å²) in [6.45, 7) is 7.92. The van der Waals surface area contributed by atoms with Crippen LogP contribution in [0.4, 0.5) is 4.79 Å². The molecule has 5 nitrogen and oxygen atoms in total. The molecule has 3 rings (SSSR count). The van der Waals surface area contributed by atoms with Crippen LogP contribution in [-0.2, 0) is 4.74 Å². The highest BCUT2D eigenvalue weighted by molar-refractivity contribution is 5.78. The van der Waals surface area contributed by atoms with Gasteiger partial charge in [-0.15, -0.1) is 0 Å². The van der Waals surface area contributed by atoms with Crippen molar-refractivity contribution in [1.29, 1.82) is 0 Å². The average molecular weight is 309 g/mol. The van der Waals surface area contributed by atoms with Crippen LogP contribution in [0.3, 0.4) is 0 Å². The van der Waals surface area contributed by atoms with Gasteiger partial charge in [-0.05, 0) is 58.4 Å². The van der Waals surface area contributed by atoms with Gasteiger partial charge in [0.05, 0.1) is 5.54 Å². The second kappa shape index (κ2) is 6.36. The fourth-order valence-corrected chi connectivity index (χ4v) is 5.01. The van der Waals surface area contributed by atoms with Gasteiger partial charge in [-0.1, -0.05) is 0 Å². The predicted molar refractivity (Wildman–Crippen MR) is 86.9 cm³/mol. The summed E-state index contributed by atoms with van der Waals surface area (Å²) in [6, 6.07) is 1.13. The molecule has 3 atom stereocenters. The van der Waals surface area contributed by atoms with Crippen LogP contribution in [0.15, 0.2) is 0 Å². The highest BCUT2D eigenvalue weighted by atomic mass is 16.5. The SMILES string of the molecule is COCCCN1CC2(CC3CCCNC3C2)N(C(C)C)C1=O. The van der Waals surface area contributed by atoms with Gasteiger partial charge < -0.3 is 19.9 Å². The molecule has 3 fully saturated rings. The molecule has 1 N–H and O–H groups in total. The molecule has 2 amide bonds. The molecule has 2 saturated heterocycles. The Bertz CT molecular complexity index is 399. The third kappa shape index (κ3) is 2.73. The van der Waals surface area contributed by atoms with Crippen LogP contribution in [0.25, 0.3) is 0 Å². The first-order chi connectivity index (χ1) is 10.6. The minimum Gasteiger partial charge on any atom is -0.385 e. The predicted octanol–water partition coefficient (Wildman–Crippen LogP) is 2.07. The van der Waals surface area contributed by atoms with Crippen molar-refractivity contribution >= 4 is 6.03 Å². The van der Waals surface area contributed by atoms with Gasteiger partial charge in [0.25, 0.3) is 0 Å². The Kier molecular flexibility index (Phi) is 4.64. The number of methoxy groups -OCH3 is 1. The van der Waals surface area contributed by atoms with E-state index in [1.165, 1.54) is 19.3 Å². The fraction of sp³-hybridized carbons (Fsp3) is 0.941. The minimum atomic E-state index is 0.0605. The quantitative estimate of drug-likeness (QED) is 0.791. The number of carbonyl (C=O) groups excluding carboxylic acids is 1. The van der Waals surface area contributed by atoms with Crippen LogP contribution in [-0.4, -0.2) is 66.8 Å². The number of nitrogens with one attached hydrogen (secondary N) is 1. The van der Waals surface area contributed by atoms with Crippen LogP contribution < -0.4 is 5.32 Å². The van der Waals surface area contributed by atoms with E-state index in [9.17, 15) is 4.79 Å². The van der Waals surface area contributed by atoms with Gasteiger partial charge in [-0.2, -0.15) is 0 Å². The standard InChI is InChI=1S/C17H31N3O2/c1-13(2)20-16(21)19(8-5-9-22-3)12-17(20)10-14-6-4-7-18-15(14)11-17/h13-15,18H,4-12H2,1-3H3. The lowest BCUT2D eigenvalue weighted by molar-refractivity contribution is 0.128. The lowest BCUT2D eigenvalue weighted by atomic mass is 9.91. The molecule has 22 heavy (non-hydrogen) atoms. The molecule has 1 spiro atoms. The zero-order valence-electron chi connectivity index (χ0n) is 14.3. The van der Waals surface area contributed by atoms with Crippen LogP contribution in [0.2, 0.25) is 0 Å². The van der Waals surface area contributed by atoms with Gasteiger partial charge in [0.15, 0.2) is 0 Å². The third-order valence-electron chi connectivity index (χ3n) is 5.73. The Morgan fingerprint density at radius 3 is 2.91 bits per heavy atom. The number of hydrogen-bond acceptors (Lipinski definition) is 3. The Hall–Kier alpha value is -0.810. The second-order valence-corrected chi connectivity index (χ2v) is 7.61. The molecule has 2 heterocycles. The van der Waals surface area contributed by atoms with Crippen molar-refractivity contribution in [2.45, 2.75) is 63.6 Å². The van der Waals surface area contributed by atoms with Gasteiger partial charge in [-0.25, -0.2) is 4.79 Å². The van der Waals surface area contributed by atoms with E-state index in [1.54, 1.807) is 7.11 Å². The van der Waals surface area contributed by atoms with Crippen LogP contribution in [0, 0.1) is 5.92 Å². The lowest BCUT2D eigenvalue weighted by Gasteiger charge is -2.36. The van der Waals surface area contributed by atoms with Crippen molar-refractivity contribution < 1.29 is 9.53 Å². The molecule has 3 aliphatic rings. The minimum absolute atomic E-state index is 0.0605. The number of piperidine rings is 1. The summed E-state index contributed by atoms with van der Waals surface area (Å²) in [4.78, 5) is 17.2. The van der Waals surface area contributed by atoms with E-state index >= 15 is 0 Å². The van der Waals surface area contributed by atoms with E-state index in [-0.39, 0.29) is 17.6 Å². The monoisotopic (exact) mass is 309 g/mol. The van der Waals surface area contributed by atoms with E-state index in [4.69, 9.17) is 4.74 Å². The molecule has 126 valence electrons. The highest BCUT2D eigenvalue weighted by Crippen LogP contribution is 2.47. The maximum absolute atomic E-state index is 12.9. The molecule has 1 aliphatic carbocycles. The average Bonchev–Trinajstić information content (AvgIpc) is 2.96. The maximum Gasteiger partial charge on any atom is 0.320 e. The highest BCUT2D eigenvalue weighted by Gasteiger charge is 2.56. The molecule has 1 saturated carbocycles. The Balaban J connectivity index is 1.75. The van der Waals surface area contributed by atoms with Gasteiger partial charge >= 0.3 is 6.03 Å². The number of hydrogen-bond donors (Lipinski definition) is 1. The number of ether oxygens (including phenoxy) is 1. The van der Waals surface area contributed by atoms with E-state index in [0.29, 0.717) is 6.04 Å². The molecule has 0 aromatic heterocycles. The van der Waals surface area contributed by atoms with Gasteiger partial charge in [0.1, 0.15) is 0 Å². The smallest absolute Gasteiger partial charge is 0.320 e. The van der Waals surface area contributed by atoms with Gasteiger partial charge in [0, 0.05) is 38.9 Å². The summed E-state index contributed by atoms with van der Waals surface area (Å²) in [7, 11) is 1.72. The fourth-order valence-electron chi connectivity index (χ4n) is 5.01. The summed E-state index contributed by atoms with van der Waals surface area (Å²) >= 11 is 0. The molecule has 5 heteroatoms. The third-order valence-corrected chi connectivity index (χ3v) is 5.73. The molecule has 2 aliphatic heterocycles. The van der Waals surface area contributed by atoms with Crippen molar-refractivity contribution in [2.24, 2.45) is 5.92 Å². The van der Waals surface area contributed by atoms with Crippen molar-refractivity contribution in [3.05, 3.63) is 0 Å². The number of amides is 2. The molecular weight excluding hydrogens is 278 g/mol. The first-order valence-corrected chi connectivity index (χ1v) is 8.88. The summed E-state index contributed by atoms with van der Waals surface area (Å²) in [5.74, 6) is 0.752. The summed E-state index contributed by atoms with van der Waals surface area (Å²) in [5, 5.41) is 3.70. The first-order valence-electron chi connectivity index (χ1n) is 8.88. The number of nitrogens with zero attached hydrogens (tertiary/aromatic N) is 2. The maximum atomic E-state index is 12.9. The molecule has 0 bridgehead atoms. The van der Waals surface area contributed by atoms with E-state index in [0.717, 1.165) is 45.0 Å². The topological polar surface area (TPSA) is 44.8 Å². The number of carbonyl (C=O) groups is 1. The molecular formula is C17H31N3O2.